The molecule has 28 heavy (non-hydrogen) atoms. The molecule has 2 aromatic rings. The molecule has 1 aromatic carbocycles. The lowest BCUT2D eigenvalue weighted by Gasteiger charge is -2.33. The van der Waals surface area contributed by atoms with Gasteiger partial charge in [-0.05, 0) is 51.0 Å². The van der Waals surface area contributed by atoms with Crippen LogP contribution >= 0.6 is 0 Å². The van der Waals surface area contributed by atoms with Crippen LogP contribution < -0.4 is 0 Å². The second kappa shape index (κ2) is 7.32. The van der Waals surface area contributed by atoms with Gasteiger partial charge in [-0.15, -0.1) is 0 Å². The predicted molar refractivity (Wildman–Crippen MR) is 124 cm³/mol. The molecule has 0 aliphatic heterocycles. The minimum absolute atomic E-state index is 0.0255. The van der Waals surface area contributed by atoms with Gasteiger partial charge in [0.15, 0.2) is 0 Å². The Hall–Kier alpha value is -1.63. The summed E-state index contributed by atoms with van der Waals surface area (Å²) < 4.78 is 0. The van der Waals surface area contributed by atoms with Crippen molar-refractivity contribution in [1.82, 2.24) is 4.98 Å². The maximum atomic E-state index is 4.84. The summed E-state index contributed by atoms with van der Waals surface area (Å²) in [5.74, 6) is 0. The second-order valence-corrected chi connectivity index (χ2v) is 12.1. The first-order chi connectivity index (χ1) is 12.5. The fraction of sp³-hybridized carbons (Fsp3) is 0.593. The SMILES string of the molecule is CC(C)(C)c1ccc(CC(C)(C)c2ncccc2C(C)(C)C)cc1C(C)(C)C. The molecule has 154 valence electrons. The molecule has 0 amide bonds. The Bertz CT molecular complexity index is 821. The van der Waals surface area contributed by atoms with Gasteiger partial charge in [0.2, 0.25) is 0 Å². The Labute approximate surface area is 174 Å². The first kappa shape index (κ1) is 22.7. The van der Waals surface area contributed by atoms with E-state index in [9.17, 15) is 0 Å². The Kier molecular flexibility index (Phi) is 5.92. The maximum absolute atomic E-state index is 4.84. The molecule has 1 heterocycles. The van der Waals surface area contributed by atoms with Crippen LogP contribution in [0.15, 0.2) is 36.5 Å². The van der Waals surface area contributed by atoms with E-state index in [-0.39, 0.29) is 21.7 Å². The summed E-state index contributed by atoms with van der Waals surface area (Å²) in [4.78, 5) is 4.84. The molecule has 0 spiro atoms. The summed E-state index contributed by atoms with van der Waals surface area (Å²) in [6.45, 7) is 25.4. The third-order valence-corrected chi connectivity index (χ3v) is 5.60. The molecule has 0 fully saturated rings. The number of benzene rings is 1. The highest BCUT2D eigenvalue weighted by molar-refractivity contribution is 5.42. The quantitative estimate of drug-likeness (QED) is 0.538. The maximum Gasteiger partial charge on any atom is 0.0500 e. The normalized spacial score (nSPS) is 13.7. The van der Waals surface area contributed by atoms with Crippen LogP contribution in [0.1, 0.15) is 104 Å². The topological polar surface area (TPSA) is 12.9 Å². The van der Waals surface area contributed by atoms with Crippen molar-refractivity contribution in [2.24, 2.45) is 0 Å². The Morgan fingerprint density at radius 3 is 1.68 bits per heavy atom. The van der Waals surface area contributed by atoms with E-state index in [4.69, 9.17) is 4.98 Å². The van der Waals surface area contributed by atoms with Crippen molar-refractivity contribution < 1.29 is 0 Å². The summed E-state index contributed by atoms with van der Waals surface area (Å²) in [5.41, 5.74) is 7.23. The number of pyridine rings is 1. The second-order valence-electron chi connectivity index (χ2n) is 12.1. The lowest BCUT2D eigenvalue weighted by molar-refractivity contribution is 0.473. The zero-order valence-electron chi connectivity index (χ0n) is 20.1. The predicted octanol–water partition coefficient (Wildman–Crippen LogP) is 7.49. The van der Waals surface area contributed by atoms with Crippen LogP contribution in [-0.2, 0) is 28.1 Å². The molecule has 0 N–H and O–H groups in total. The van der Waals surface area contributed by atoms with Gasteiger partial charge in [0.1, 0.15) is 0 Å². The Morgan fingerprint density at radius 1 is 0.643 bits per heavy atom. The Balaban J connectivity index is 2.51. The average molecular weight is 380 g/mol. The summed E-state index contributed by atoms with van der Waals surface area (Å²) in [6.07, 6.45) is 2.93. The molecule has 1 heteroatoms. The molecule has 0 aliphatic rings. The molecular formula is C27H41N. The fourth-order valence-electron chi connectivity index (χ4n) is 4.12. The highest BCUT2D eigenvalue weighted by Crippen LogP contribution is 2.38. The van der Waals surface area contributed by atoms with Gasteiger partial charge in [0.25, 0.3) is 0 Å². The molecule has 0 unspecified atom stereocenters. The fourth-order valence-corrected chi connectivity index (χ4v) is 4.12. The van der Waals surface area contributed by atoms with Gasteiger partial charge >= 0.3 is 0 Å². The average Bonchev–Trinajstić information content (AvgIpc) is 2.52. The molecule has 2 rings (SSSR count). The van der Waals surface area contributed by atoms with Crippen LogP contribution in [0.3, 0.4) is 0 Å². The van der Waals surface area contributed by atoms with Crippen molar-refractivity contribution >= 4 is 0 Å². The van der Waals surface area contributed by atoms with Gasteiger partial charge in [-0.25, -0.2) is 0 Å². The molecule has 0 saturated heterocycles. The van der Waals surface area contributed by atoms with E-state index >= 15 is 0 Å². The summed E-state index contributed by atoms with van der Waals surface area (Å²) >= 11 is 0. The Morgan fingerprint density at radius 2 is 1.18 bits per heavy atom. The van der Waals surface area contributed by atoms with E-state index < -0.39 is 0 Å². The lowest BCUT2D eigenvalue weighted by atomic mass is 9.72. The van der Waals surface area contributed by atoms with E-state index in [1.165, 1.54) is 27.9 Å². The molecule has 0 bridgehead atoms. The molecule has 0 aliphatic carbocycles. The van der Waals surface area contributed by atoms with Crippen molar-refractivity contribution in [3.05, 3.63) is 64.5 Å². The lowest BCUT2D eigenvalue weighted by Crippen LogP contribution is -2.28. The molecule has 0 atom stereocenters. The van der Waals surface area contributed by atoms with Crippen LogP contribution in [0.2, 0.25) is 0 Å². The van der Waals surface area contributed by atoms with Crippen LogP contribution in [0.4, 0.5) is 0 Å². The van der Waals surface area contributed by atoms with Crippen molar-refractivity contribution in [1.29, 1.82) is 0 Å². The molecule has 1 aromatic heterocycles. The van der Waals surface area contributed by atoms with Gasteiger partial charge in [0.05, 0.1) is 0 Å². The number of hydrogen-bond donors (Lipinski definition) is 0. The van der Waals surface area contributed by atoms with E-state index in [1.54, 1.807) is 0 Å². The largest absolute Gasteiger partial charge is 0.260 e. The van der Waals surface area contributed by atoms with Gasteiger partial charge in [-0.2, -0.15) is 0 Å². The highest BCUT2D eigenvalue weighted by atomic mass is 14.7. The van der Waals surface area contributed by atoms with Crippen molar-refractivity contribution in [3.63, 3.8) is 0 Å². The third-order valence-electron chi connectivity index (χ3n) is 5.60. The highest BCUT2D eigenvalue weighted by Gasteiger charge is 2.31. The minimum Gasteiger partial charge on any atom is -0.260 e. The summed E-state index contributed by atoms with van der Waals surface area (Å²) in [7, 11) is 0. The number of nitrogens with zero attached hydrogens (tertiary/aromatic N) is 1. The van der Waals surface area contributed by atoms with Crippen LogP contribution in [0.25, 0.3) is 0 Å². The van der Waals surface area contributed by atoms with Crippen molar-refractivity contribution in [2.45, 2.75) is 104 Å². The molecular weight excluding hydrogens is 338 g/mol. The third kappa shape index (κ3) is 5.04. The first-order valence-electron chi connectivity index (χ1n) is 10.6. The van der Waals surface area contributed by atoms with E-state index in [2.05, 4.69) is 106 Å². The first-order valence-corrected chi connectivity index (χ1v) is 10.6. The van der Waals surface area contributed by atoms with Crippen LogP contribution in [0, 0.1) is 0 Å². The van der Waals surface area contributed by atoms with Crippen molar-refractivity contribution in [2.75, 3.05) is 0 Å². The van der Waals surface area contributed by atoms with E-state index in [0.29, 0.717) is 0 Å². The number of aromatic nitrogens is 1. The minimum atomic E-state index is -0.0255. The van der Waals surface area contributed by atoms with Crippen LogP contribution in [0.5, 0.6) is 0 Å². The number of rotatable bonds is 3. The molecule has 1 nitrogen and oxygen atoms in total. The van der Waals surface area contributed by atoms with E-state index in [1.807, 2.05) is 6.20 Å². The van der Waals surface area contributed by atoms with Gasteiger partial charge in [-0.3, -0.25) is 4.98 Å². The smallest absolute Gasteiger partial charge is 0.0500 e. The van der Waals surface area contributed by atoms with Crippen LogP contribution in [-0.4, -0.2) is 4.98 Å². The zero-order chi connectivity index (χ0) is 21.5. The standard InChI is InChI=1S/C27H41N/c1-24(2,3)20-15-14-19(17-22(20)26(7,8)9)18-27(10,11)23-21(25(4,5)6)13-12-16-28-23/h12-17H,18H2,1-11H3. The van der Waals surface area contributed by atoms with Crippen molar-refractivity contribution in [3.8, 4) is 0 Å². The summed E-state index contributed by atoms with van der Waals surface area (Å²) in [6, 6.07) is 11.4. The zero-order valence-corrected chi connectivity index (χ0v) is 20.1. The summed E-state index contributed by atoms with van der Waals surface area (Å²) in [5, 5.41) is 0. The monoisotopic (exact) mass is 379 g/mol. The van der Waals surface area contributed by atoms with Gasteiger partial charge in [-0.1, -0.05) is 100 Å². The van der Waals surface area contributed by atoms with E-state index in [0.717, 1.165) is 6.42 Å². The molecule has 0 saturated carbocycles. The van der Waals surface area contributed by atoms with Gasteiger partial charge < -0.3 is 0 Å². The number of hydrogen-bond acceptors (Lipinski definition) is 1. The molecule has 0 radical (unpaired) electrons. The van der Waals surface area contributed by atoms with Gasteiger partial charge in [0, 0.05) is 17.3 Å².